The van der Waals surface area contributed by atoms with Crippen LogP contribution in [-0.4, -0.2) is 12.9 Å². The number of carbonyl (C=O) groups is 1. The van der Waals surface area contributed by atoms with E-state index in [1.807, 2.05) is 19.1 Å². The normalized spacial score (nSPS) is 11.2. The average Bonchev–Trinajstić information content (AvgIpc) is 2.32. The molecule has 2 nitrogen and oxygen atoms in total. The van der Waals surface area contributed by atoms with Gasteiger partial charge in [-0.15, -0.1) is 0 Å². The molecule has 0 aliphatic rings. The molecule has 2 heteroatoms. The Bertz CT molecular complexity index is 350. The Morgan fingerprint density at radius 3 is 2.44 bits per heavy atom. The van der Waals surface area contributed by atoms with Crippen LogP contribution < -0.4 is 0 Å². The summed E-state index contributed by atoms with van der Waals surface area (Å²) in [6.07, 6.45) is 4.55. The van der Waals surface area contributed by atoms with Gasteiger partial charge in [-0.25, -0.2) is 0 Å². The van der Waals surface area contributed by atoms with Crippen LogP contribution in [0.25, 0.3) is 5.57 Å². The van der Waals surface area contributed by atoms with E-state index in [0.29, 0.717) is 12.2 Å². The zero-order chi connectivity index (χ0) is 11.8. The van der Waals surface area contributed by atoms with Gasteiger partial charge in [-0.3, -0.25) is 4.79 Å². The van der Waals surface area contributed by atoms with Gasteiger partial charge in [-0.2, -0.15) is 0 Å². The van der Waals surface area contributed by atoms with Crippen molar-refractivity contribution in [3.63, 3.8) is 0 Å². The van der Waals surface area contributed by atoms with E-state index in [0.717, 1.165) is 24.7 Å². The molecule has 0 unspecified atom stereocenters. The zero-order valence-electron chi connectivity index (χ0n) is 9.90. The van der Waals surface area contributed by atoms with Gasteiger partial charge < -0.3 is 4.74 Å². The molecule has 0 saturated carbocycles. The second-order valence-corrected chi connectivity index (χ2v) is 3.59. The average molecular weight is 218 g/mol. The molecule has 1 aromatic carbocycles. The van der Waals surface area contributed by atoms with Crippen molar-refractivity contribution in [1.29, 1.82) is 0 Å². The predicted octanol–water partition coefficient (Wildman–Crippen LogP) is 3.22. The lowest BCUT2D eigenvalue weighted by atomic mass is 10.0. The lowest BCUT2D eigenvalue weighted by Gasteiger charge is -2.03. The molecular weight excluding hydrogens is 200 g/mol. The number of aldehydes is 1. The molecule has 0 fully saturated rings. The van der Waals surface area contributed by atoms with Gasteiger partial charge in [0.15, 0.2) is 6.29 Å². The van der Waals surface area contributed by atoms with Crippen molar-refractivity contribution in [1.82, 2.24) is 0 Å². The molecule has 0 atom stereocenters. The number of allylic oxidation sites excluding steroid dienone is 1. The van der Waals surface area contributed by atoms with Crippen LogP contribution in [0.4, 0.5) is 0 Å². The van der Waals surface area contributed by atoms with E-state index in [4.69, 9.17) is 4.74 Å². The van der Waals surface area contributed by atoms with Crippen molar-refractivity contribution in [3.05, 3.63) is 41.7 Å². The first-order valence-electron chi connectivity index (χ1n) is 5.68. The van der Waals surface area contributed by atoms with Crippen molar-refractivity contribution in [3.8, 4) is 0 Å². The van der Waals surface area contributed by atoms with E-state index in [2.05, 4.69) is 19.1 Å². The molecule has 0 aliphatic heterocycles. The maximum absolute atomic E-state index is 10.9. The Balaban J connectivity index is 2.82. The molecule has 0 bridgehead atoms. The SMILES string of the molecule is CCCc1ccc(C(C=O)=COCC)cc1. The quantitative estimate of drug-likeness (QED) is 0.416. The van der Waals surface area contributed by atoms with Crippen molar-refractivity contribution >= 4 is 11.9 Å². The minimum Gasteiger partial charge on any atom is -0.501 e. The maximum atomic E-state index is 10.9. The molecule has 0 aliphatic carbocycles. The molecule has 0 amide bonds. The summed E-state index contributed by atoms with van der Waals surface area (Å²) in [5.74, 6) is 0. The van der Waals surface area contributed by atoms with E-state index in [-0.39, 0.29) is 0 Å². The van der Waals surface area contributed by atoms with Gasteiger partial charge in [0.25, 0.3) is 0 Å². The van der Waals surface area contributed by atoms with E-state index < -0.39 is 0 Å². The van der Waals surface area contributed by atoms with Gasteiger partial charge in [-0.1, -0.05) is 37.6 Å². The van der Waals surface area contributed by atoms with E-state index in [9.17, 15) is 4.79 Å². The van der Waals surface area contributed by atoms with Crippen molar-refractivity contribution in [2.75, 3.05) is 6.61 Å². The molecular formula is C14H18O2. The number of benzene rings is 1. The Kier molecular flexibility index (Phi) is 5.34. The summed E-state index contributed by atoms with van der Waals surface area (Å²) >= 11 is 0. The maximum Gasteiger partial charge on any atom is 0.153 e. The van der Waals surface area contributed by atoms with Crippen molar-refractivity contribution in [2.45, 2.75) is 26.7 Å². The fourth-order valence-corrected chi connectivity index (χ4v) is 1.49. The molecule has 86 valence electrons. The molecule has 0 N–H and O–H groups in total. The summed E-state index contributed by atoms with van der Waals surface area (Å²) < 4.78 is 5.13. The highest BCUT2D eigenvalue weighted by Gasteiger charge is 2.00. The molecule has 0 aromatic heterocycles. The number of carbonyl (C=O) groups excluding carboxylic acids is 1. The molecule has 0 radical (unpaired) electrons. The Morgan fingerprint density at radius 1 is 1.25 bits per heavy atom. The Hall–Kier alpha value is -1.57. The molecule has 1 rings (SSSR count). The highest BCUT2D eigenvalue weighted by Crippen LogP contribution is 2.14. The Morgan fingerprint density at radius 2 is 1.94 bits per heavy atom. The van der Waals surface area contributed by atoms with Crippen LogP contribution in [0.15, 0.2) is 30.5 Å². The van der Waals surface area contributed by atoms with Crippen LogP contribution in [0.1, 0.15) is 31.4 Å². The second kappa shape index (κ2) is 6.83. The van der Waals surface area contributed by atoms with Crippen LogP contribution >= 0.6 is 0 Å². The molecule has 0 heterocycles. The monoisotopic (exact) mass is 218 g/mol. The summed E-state index contributed by atoms with van der Waals surface area (Å²) in [6.45, 7) is 4.62. The number of hydrogen-bond donors (Lipinski definition) is 0. The van der Waals surface area contributed by atoms with Crippen molar-refractivity contribution < 1.29 is 9.53 Å². The van der Waals surface area contributed by atoms with Gasteiger partial charge in [0, 0.05) is 0 Å². The van der Waals surface area contributed by atoms with Crippen LogP contribution in [0.5, 0.6) is 0 Å². The molecule has 1 aromatic rings. The van der Waals surface area contributed by atoms with Gasteiger partial charge in [0.1, 0.15) is 0 Å². The fraction of sp³-hybridized carbons (Fsp3) is 0.357. The summed E-state index contributed by atoms with van der Waals surface area (Å²) in [7, 11) is 0. The van der Waals surface area contributed by atoms with E-state index in [1.54, 1.807) is 0 Å². The highest BCUT2D eigenvalue weighted by molar-refractivity contribution is 6.06. The van der Waals surface area contributed by atoms with E-state index >= 15 is 0 Å². The standard InChI is InChI=1S/C14H18O2/c1-3-5-12-6-8-13(9-7-12)14(10-15)11-16-4-2/h6-11H,3-5H2,1-2H3. The van der Waals surface area contributed by atoms with Crippen LogP contribution in [-0.2, 0) is 16.0 Å². The molecule has 0 spiro atoms. The Labute approximate surface area is 96.9 Å². The first-order valence-corrected chi connectivity index (χ1v) is 5.68. The first kappa shape index (κ1) is 12.5. The fourth-order valence-electron chi connectivity index (χ4n) is 1.49. The van der Waals surface area contributed by atoms with Gasteiger partial charge in [0.2, 0.25) is 0 Å². The number of aryl methyl sites for hydroxylation is 1. The number of hydrogen-bond acceptors (Lipinski definition) is 2. The summed E-state index contributed by atoms with van der Waals surface area (Å²) in [5.41, 5.74) is 2.79. The topological polar surface area (TPSA) is 26.3 Å². The van der Waals surface area contributed by atoms with Crippen LogP contribution in [0, 0.1) is 0 Å². The lowest BCUT2D eigenvalue weighted by Crippen LogP contribution is -1.90. The van der Waals surface area contributed by atoms with Gasteiger partial charge >= 0.3 is 0 Å². The highest BCUT2D eigenvalue weighted by atomic mass is 16.5. The third-order valence-corrected chi connectivity index (χ3v) is 2.33. The third kappa shape index (κ3) is 3.54. The summed E-state index contributed by atoms with van der Waals surface area (Å²) in [6, 6.07) is 8.04. The summed E-state index contributed by atoms with van der Waals surface area (Å²) in [5, 5.41) is 0. The number of rotatable bonds is 6. The van der Waals surface area contributed by atoms with Gasteiger partial charge in [-0.05, 0) is 24.5 Å². The minimum absolute atomic E-state index is 0.575. The van der Waals surface area contributed by atoms with Crippen LogP contribution in [0.3, 0.4) is 0 Å². The smallest absolute Gasteiger partial charge is 0.153 e. The predicted molar refractivity (Wildman–Crippen MR) is 66.1 cm³/mol. The van der Waals surface area contributed by atoms with Gasteiger partial charge in [0.05, 0.1) is 18.4 Å². The lowest BCUT2D eigenvalue weighted by molar-refractivity contribution is -0.103. The zero-order valence-corrected chi connectivity index (χ0v) is 9.90. The first-order chi connectivity index (χ1) is 7.81. The number of ether oxygens (including phenoxy) is 1. The third-order valence-electron chi connectivity index (χ3n) is 2.33. The minimum atomic E-state index is 0.575. The summed E-state index contributed by atoms with van der Waals surface area (Å²) in [4.78, 5) is 10.9. The van der Waals surface area contributed by atoms with E-state index in [1.165, 1.54) is 11.8 Å². The molecule has 0 saturated heterocycles. The van der Waals surface area contributed by atoms with Crippen LogP contribution in [0.2, 0.25) is 0 Å². The second-order valence-electron chi connectivity index (χ2n) is 3.59. The largest absolute Gasteiger partial charge is 0.501 e. The molecule has 16 heavy (non-hydrogen) atoms. The van der Waals surface area contributed by atoms with Crippen molar-refractivity contribution in [2.24, 2.45) is 0 Å².